The molecule has 0 saturated heterocycles. The smallest absolute Gasteiger partial charge is 0.275 e. The molecule has 32 heavy (non-hydrogen) atoms. The lowest BCUT2D eigenvalue weighted by molar-refractivity contribution is 0.536. The van der Waals surface area contributed by atoms with Gasteiger partial charge in [-0.1, -0.05) is 65.1 Å². The molecule has 0 spiro atoms. The summed E-state index contributed by atoms with van der Waals surface area (Å²) in [5.41, 5.74) is 3.44. The fourth-order valence-electron chi connectivity index (χ4n) is 3.42. The van der Waals surface area contributed by atoms with Gasteiger partial charge in [0.05, 0.1) is 11.9 Å². The van der Waals surface area contributed by atoms with Gasteiger partial charge in [0.25, 0.3) is 5.56 Å². The van der Waals surface area contributed by atoms with Crippen molar-refractivity contribution in [3.63, 3.8) is 0 Å². The molecule has 0 aliphatic rings. The second kappa shape index (κ2) is 9.56. The Labute approximate surface area is 191 Å². The van der Waals surface area contributed by atoms with Crippen LogP contribution in [-0.2, 0) is 23.3 Å². The van der Waals surface area contributed by atoms with Gasteiger partial charge in [-0.05, 0) is 47.0 Å². The predicted molar refractivity (Wildman–Crippen MR) is 122 cm³/mol. The molecule has 0 N–H and O–H groups in total. The summed E-state index contributed by atoms with van der Waals surface area (Å²) >= 11 is 3.90. The standard InChI is InChI=1S/C24H18ClFN2O3S/c25-19-2-1-3-21(13-19)28-24(29)22(12-16-6-10-20(26)11-7-16)23(14-27-28)18-8-4-17(5-9-18)15-32(30)31/h1-11,13-14H,12,15H2,(H,30,31)/p-1. The van der Waals surface area contributed by atoms with Gasteiger partial charge in [-0.3, -0.25) is 9.00 Å². The molecule has 5 nitrogen and oxygen atoms in total. The lowest BCUT2D eigenvalue weighted by atomic mass is 9.97. The lowest BCUT2D eigenvalue weighted by Gasteiger charge is -2.13. The number of aromatic nitrogens is 2. The van der Waals surface area contributed by atoms with Gasteiger partial charge in [0.1, 0.15) is 5.82 Å². The SMILES string of the molecule is O=c1c(Cc2ccc(F)cc2)c(-c2ccc(CS(=O)[O-])cc2)cnn1-c1cccc(Cl)c1. The van der Waals surface area contributed by atoms with E-state index in [0.29, 0.717) is 27.4 Å². The third-order valence-electron chi connectivity index (χ3n) is 4.97. The summed E-state index contributed by atoms with van der Waals surface area (Å²) < 4.78 is 36.6. The zero-order valence-electron chi connectivity index (χ0n) is 16.7. The maximum Gasteiger partial charge on any atom is 0.275 e. The molecule has 4 rings (SSSR count). The van der Waals surface area contributed by atoms with Gasteiger partial charge in [-0.25, -0.2) is 4.39 Å². The van der Waals surface area contributed by atoms with Gasteiger partial charge in [0.15, 0.2) is 0 Å². The van der Waals surface area contributed by atoms with Crippen LogP contribution < -0.4 is 5.56 Å². The van der Waals surface area contributed by atoms with Crippen molar-refractivity contribution in [2.24, 2.45) is 0 Å². The van der Waals surface area contributed by atoms with Crippen molar-refractivity contribution in [2.75, 3.05) is 0 Å². The van der Waals surface area contributed by atoms with Crippen LogP contribution in [0.4, 0.5) is 4.39 Å². The first kappa shape index (κ1) is 22.1. The minimum absolute atomic E-state index is 0.0860. The number of rotatable bonds is 6. The van der Waals surface area contributed by atoms with Crippen molar-refractivity contribution in [3.8, 4) is 16.8 Å². The molecule has 0 saturated carbocycles. The number of halogens is 2. The van der Waals surface area contributed by atoms with Crippen LogP contribution >= 0.6 is 11.6 Å². The Bertz CT molecular complexity index is 1340. The van der Waals surface area contributed by atoms with E-state index in [2.05, 4.69) is 5.10 Å². The molecule has 0 aliphatic carbocycles. The summed E-state index contributed by atoms with van der Waals surface area (Å²) in [5, 5.41) is 4.82. The highest BCUT2D eigenvalue weighted by molar-refractivity contribution is 7.78. The highest BCUT2D eigenvalue weighted by Crippen LogP contribution is 2.25. The molecule has 162 valence electrons. The van der Waals surface area contributed by atoms with E-state index in [1.165, 1.54) is 16.8 Å². The van der Waals surface area contributed by atoms with Gasteiger partial charge in [0, 0.05) is 28.3 Å². The second-order valence-corrected chi connectivity index (χ2v) is 8.51. The van der Waals surface area contributed by atoms with Crippen LogP contribution in [0.5, 0.6) is 0 Å². The Morgan fingerprint density at radius 3 is 2.34 bits per heavy atom. The van der Waals surface area contributed by atoms with Gasteiger partial charge >= 0.3 is 0 Å². The third kappa shape index (κ3) is 5.02. The van der Waals surface area contributed by atoms with Crippen LogP contribution in [0.2, 0.25) is 5.02 Å². The summed E-state index contributed by atoms with van der Waals surface area (Å²) in [6.07, 6.45) is 1.87. The van der Waals surface area contributed by atoms with E-state index < -0.39 is 11.1 Å². The molecule has 0 fully saturated rings. The summed E-state index contributed by atoms with van der Waals surface area (Å²) in [6.45, 7) is 0. The first-order valence-corrected chi connectivity index (χ1v) is 11.3. The number of hydrogen-bond acceptors (Lipinski definition) is 4. The van der Waals surface area contributed by atoms with Crippen molar-refractivity contribution in [2.45, 2.75) is 12.2 Å². The van der Waals surface area contributed by atoms with E-state index >= 15 is 0 Å². The van der Waals surface area contributed by atoms with E-state index in [4.69, 9.17) is 11.6 Å². The van der Waals surface area contributed by atoms with E-state index in [1.807, 2.05) is 0 Å². The fraction of sp³-hybridized carbons (Fsp3) is 0.0833. The van der Waals surface area contributed by atoms with Crippen LogP contribution in [-0.4, -0.2) is 18.5 Å². The fourth-order valence-corrected chi connectivity index (χ4v) is 4.07. The Balaban J connectivity index is 1.83. The molecular formula is C24H17ClFN2O3S-. The Hall–Kier alpha value is -3.13. The van der Waals surface area contributed by atoms with Crippen molar-refractivity contribution >= 4 is 22.7 Å². The minimum Gasteiger partial charge on any atom is -0.772 e. The molecule has 4 aromatic rings. The zero-order chi connectivity index (χ0) is 22.7. The number of benzene rings is 3. The normalized spacial score (nSPS) is 12.0. The lowest BCUT2D eigenvalue weighted by Crippen LogP contribution is -2.25. The molecule has 0 bridgehead atoms. The molecular weight excluding hydrogens is 451 g/mol. The van der Waals surface area contributed by atoms with E-state index in [0.717, 1.165) is 11.1 Å². The molecule has 1 aromatic heterocycles. The average Bonchev–Trinajstić information content (AvgIpc) is 2.77. The first-order chi connectivity index (χ1) is 15.4. The number of nitrogens with zero attached hydrogens (tertiary/aromatic N) is 2. The Morgan fingerprint density at radius 1 is 1.00 bits per heavy atom. The van der Waals surface area contributed by atoms with Crippen LogP contribution in [0, 0.1) is 5.82 Å². The predicted octanol–water partition coefficient (Wildman–Crippen LogP) is 4.66. The molecule has 1 unspecified atom stereocenters. The first-order valence-electron chi connectivity index (χ1n) is 9.67. The molecule has 0 aliphatic heterocycles. The highest BCUT2D eigenvalue weighted by atomic mass is 35.5. The molecule has 0 amide bonds. The second-order valence-electron chi connectivity index (χ2n) is 7.18. The van der Waals surface area contributed by atoms with Crippen LogP contribution in [0.1, 0.15) is 16.7 Å². The quantitative estimate of drug-likeness (QED) is 0.386. The largest absolute Gasteiger partial charge is 0.772 e. The molecule has 1 atom stereocenters. The van der Waals surface area contributed by atoms with Crippen LogP contribution in [0.3, 0.4) is 0 Å². The maximum absolute atomic E-state index is 13.5. The topological polar surface area (TPSA) is 75.0 Å². The minimum atomic E-state index is -2.19. The molecule has 0 radical (unpaired) electrons. The van der Waals surface area contributed by atoms with Crippen molar-refractivity contribution in [1.29, 1.82) is 0 Å². The van der Waals surface area contributed by atoms with Crippen molar-refractivity contribution in [1.82, 2.24) is 9.78 Å². The van der Waals surface area contributed by atoms with Crippen LogP contribution in [0.15, 0.2) is 83.8 Å². The Kier molecular flexibility index (Phi) is 6.60. The van der Waals surface area contributed by atoms with Gasteiger partial charge in [-0.2, -0.15) is 9.78 Å². The van der Waals surface area contributed by atoms with E-state index in [9.17, 15) is 17.9 Å². The summed E-state index contributed by atoms with van der Waals surface area (Å²) in [6, 6.07) is 19.7. The van der Waals surface area contributed by atoms with Gasteiger partial charge < -0.3 is 4.55 Å². The maximum atomic E-state index is 13.5. The molecule has 3 aromatic carbocycles. The van der Waals surface area contributed by atoms with Crippen molar-refractivity contribution < 1.29 is 13.2 Å². The molecule has 1 heterocycles. The van der Waals surface area contributed by atoms with Gasteiger partial charge in [-0.15, -0.1) is 0 Å². The Morgan fingerprint density at radius 2 is 1.69 bits per heavy atom. The highest BCUT2D eigenvalue weighted by Gasteiger charge is 2.15. The van der Waals surface area contributed by atoms with E-state index in [1.54, 1.807) is 66.9 Å². The molecule has 8 heteroatoms. The summed E-state index contributed by atoms with van der Waals surface area (Å²) in [7, 11) is 0. The van der Waals surface area contributed by atoms with E-state index in [-0.39, 0.29) is 23.6 Å². The average molecular weight is 468 g/mol. The summed E-state index contributed by atoms with van der Waals surface area (Å²) in [5.74, 6) is -0.441. The zero-order valence-corrected chi connectivity index (χ0v) is 18.3. The monoisotopic (exact) mass is 467 g/mol. The van der Waals surface area contributed by atoms with Crippen LogP contribution in [0.25, 0.3) is 16.8 Å². The number of hydrogen-bond donors (Lipinski definition) is 0. The summed E-state index contributed by atoms with van der Waals surface area (Å²) in [4.78, 5) is 13.5. The third-order valence-corrected chi connectivity index (χ3v) is 5.78. The van der Waals surface area contributed by atoms with Crippen molar-refractivity contribution in [3.05, 3.63) is 117 Å². The van der Waals surface area contributed by atoms with Gasteiger partial charge in [0.2, 0.25) is 0 Å².